The number of nitrogens with one attached hydrogen (secondary N) is 1. The lowest BCUT2D eigenvalue weighted by Gasteiger charge is -2.07. The number of ether oxygens (including phenoxy) is 1. The van der Waals surface area contributed by atoms with E-state index in [1.807, 2.05) is 0 Å². The molecule has 1 aromatic carbocycles. The molecule has 23 heavy (non-hydrogen) atoms. The number of fused-ring (bicyclic) bond motifs is 1. The highest BCUT2D eigenvalue weighted by molar-refractivity contribution is 5.79. The van der Waals surface area contributed by atoms with Crippen molar-refractivity contribution in [2.75, 3.05) is 0 Å². The Hall–Kier alpha value is -3.48. The van der Waals surface area contributed by atoms with Crippen molar-refractivity contribution in [3.05, 3.63) is 71.5 Å². The minimum Gasteiger partial charge on any atom is -0.456 e. The van der Waals surface area contributed by atoms with Gasteiger partial charge in [0.2, 0.25) is 5.95 Å². The molecule has 3 aromatic heterocycles. The van der Waals surface area contributed by atoms with Crippen molar-refractivity contribution in [3.63, 3.8) is 0 Å². The van der Waals surface area contributed by atoms with Crippen LogP contribution in [-0.2, 0) is 0 Å². The summed E-state index contributed by atoms with van der Waals surface area (Å²) in [4.78, 5) is 23.4. The summed E-state index contributed by atoms with van der Waals surface area (Å²) in [5.74, 6) is 1.52. The van der Waals surface area contributed by atoms with Gasteiger partial charge in [0.25, 0.3) is 5.56 Å². The van der Waals surface area contributed by atoms with Gasteiger partial charge >= 0.3 is 0 Å². The van der Waals surface area contributed by atoms with Crippen molar-refractivity contribution in [1.82, 2.24) is 24.7 Å². The fourth-order valence-electron chi connectivity index (χ4n) is 2.22. The van der Waals surface area contributed by atoms with Gasteiger partial charge in [0.15, 0.2) is 0 Å². The van der Waals surface area contributed by atoms with Gasteiger partial charge in [0, 0.05) is 18.6 Å². The lowest BCUT2D eigenvalue weighted by Crippen LogP contribution is -2.13. The van der Waals surface area contributed by atoms with Crippen LogP contribution in [0.15, 0.2) is 66.0 Å². The van der Waals surface area contributed by atoms with E-state index < -0.39 is 0 Å². The summed E-state index contributed by atoms with van der Waals surface area (Å²) in [6.07, 6.45) is 6.60. The highest BCUT2D eigenvalue weighted by Crippen LogP contribution is 2.23. The summed E-state index contributed by atoms with van der Waals surface area (Å²) >= 11 is 0. The SMILES string of the molecule is O=c1[nH]c(-n2cccn2)nc2ccc(Oc3cccnc3)cc12. The normalized spacial score (nSPS) is 10.8. The van der Waals surface area contributed by atoms with Crippen LogP contribution < -0.4 is 10.3 Å². The Morgan fingerprint density at radius 1 is 1.09 bits per heavy atom. The van der Waals surface area contributed by atoms with Gasteiger partial charge in [-0.25, -0.2) is 9.67 Å². The molecule has 0 bridgehead atoms. The average Bonchev–Trinajstić information content (AvgIpc) is 3.11. The third-order valence-corrected chi connectivity index (χ3v) is 3.26. The van der Waals surface area contributed by atoms with Gasteiger partial charge in [-0.05, 0) is 36.4 Å². The molecule has 0 saturated heterocycles. The lowest BCUT2D eigenvalue weighted by molar-refractivity contribution is 0.481. The third kappa shape index (κ3) is 2.55. The standard InChI is InChI=1S/C16H11N5O2/c22-15-13-9-11(23-12-3-1-6-17-10-12)4-5-14(13)19-16(20-15)21-8-2-7-18-21/h1-10H,(H,19,20,22). The number of benzene rings is 1. The molecule has 7 heteroatoms. The number of aromatic nitrogens is 5. The average molecular weight is 305 g/mol. The molecule has 0 spiro atoms. The minimum absolute atomic E-state index is 0.253. The van der Waals surface area contributed by atoms with E-state index in [2.05, 4.69) is 20.1 Å². The molecule has 112 valence electrons. The van der Waals surface area contributed by atoms with Crippen LogP contribution in [0.4, 0.5) is 0 Å². The zero-order valence-electron chi connectivity index (χ0n) is 11.9. The van der Waals surface area contributed by atoms with Crippen LogP contribution in [-0.4, -0.2) is 24.7 Å². The Morgan fingerprint density at radius 2 is 2.04 bits per heavy atom. The quantitative estimate of drug-likeness (QED) is 0.627. The first-order chi connectivity index (χ1) is 11.3. The number of nitrogens with zero attached hydrogens (tertiary/aromatic N) is 4. The predicted octanol–water partition coefficient (Wildman–Crippen LogP) is 2.30. The fourth-order valence-corrected chi connectivity index (χ4v) is 2.22. The van der Waals surface area contributed by atoms with E-state index in [4.69, 9.17) is 4.74 Å². The third-order valence-electron chi connectivity index (χ3n) is 3.26. The lowest BCUT2D eigenvalue weighted by atomic mass is 10.2. The first-order valence-corrected chi connectivity index (χ1v) is 6.91. The van der Waals surface area contributed by atoms with Gasteiger partial charge in [-0.2, -0.15) is 5.10 Å². The van der Waals surface area contributed by atoms with E-state index >= 15 is 0 Å². The van der Waals surface area contributed by atoms with Crippen LogP contribution in [0, 0.1) is 0 Å². The Bertz CT molecular complexity index is 1010. The van der Waals surface area contributed by atoms with E-state index in [1.54, 1.807) is 61.2 Å². The summed E-state index contributed by atoms with van der Waals surface area (Å²) < 4.78 is 7.18. The zero-order chi connectivity index (χ0) is 15.6. The molecule has 0 radical (unpaired) electrons. The van der Waals surface area contributed by atoms with Gasteiger partial charge in [-0.1, -0.05) is 0 Å². The van der Waals surface area contributed by atoms with Crippen molar-refractivity contribution in [3.8, 4) is 17.4 Å². The largest absolute Gasteiger partial charge is 0.456 e. The molecule has 0 aliphatic heterocycles. The zero-order valence-corrected chi connectivity index (χ0v) is 11.9. The van der Waals surface area contributed by atoms with Crippen LogP contribution in [0.1, 0.15) is 0 Å². The monoisotopic (exact) mass is 305 g/mol. The van der Waals surface area contributed by atoms with Gasteiger partial charge in [0.05, 0.1) is 17.1 Å². The van der Waals surface area contributed by atoms with Crippen LogP contribution in [0.2, 0.25) is 0 Å². The van der Waals surface area contributed by atoms with E-state index in [0.717, 1.165) is 0 Å². The second kappa shape index (κ2) is 5.38. The second-order valence-electron chi connectivity index (χ2n) is 4.81. The number of aromatic amines is 1. The first kappa shape index (κ1) is 13.2. The highest BCUT2D eigenvalue weighted by Gasteiger charge is 2.07. The second-order valence-corrected chi connectivity index (χ2v) is 4.81. The summed E-state index contributed by atoms with van der Waals surface area (Å²) in [6.45, 7) is 0. The maximum atomic E-state index is 12.3. The van der Waals surface area contributed by atoms with Crippen LogP contribution in [0.5, 0.6) is 11.5 Å². The molecule has 0 amide bonds. The van der Waals surface area contributed by atoms with E-state index in [1.165, 1.54) is 4.68 Å². The van der Waals surface area contributed by atoms with Gasteiger partial charge in [-0.15, -0.1) is 0 Å². The Morgan fingerprint density at radius 3 is 2.83 bits per heavy atom. The summed E-state index contributed by atoms with van der Waals surface area (Å²) in [5.41, 5.74) is 0.315. The van der Waals surface area contributed by atoms with Gasteiger partial charge in [0.1, 0.15) is 11.5 Å². The molecule has 0 atom stereocenters. The molecule has 0 unspecified atom stereocenters. The summed E-state index contributed by atoms with van der Waals surface area (Å²) in [5, 5.41) is 4.51. The van der Waals surface area contributed by atoms with E-state index in [-0.39, 0.29) is 5.56 Å². The number of hydrogen-bond donors (Lipinski definition) is 1. The number of pyridine rings is 1. The fraction of sp³-hybridized carbons (Fsp3) is 0. The molecule has 3 heterocycles. The number of rotatable bonds is 3. The van der Waals surface area contributed by atoms with E-state index in [9.17, 15) is 4.79 Å². The summed E-state index contributed by atoms with van der Waals surface area (Å²) in [6, 6.07) is 10.5. The molecular weight excluding hydrogens is 294 g/mol. The Balaban J connectivity index is 1.76. The Kier molecular flexibility index (Phi) is 3.09. The van der Waals surface area contributed by atoms with Gasteiger partial charge in [-0.3, -0.25) is 14.8 Å². The molecular formula is C16H11N5O2. The van der Waals surface area contributed by atoms with Crippen LogP contribution in [0.25, 0.3) is 16.9 Å². The molecule has 1 N–H and O–H groups in total. The molecule has 0 fully saturated rings. The first-order valence-electron chi connectivity index (χ1n) is 6.91. The smallest absolute Gasteiger partial charge is 0.260 e. The topological polar surface area (TPSA) is 85.7 Å². The molecule has 4 aromatic rings. The van der Waals surface area contributed by atoms with Crippen molar-refractivity contribution in [2.45, 2.75) is 0 Å². The van der Waals surface area contributed by atoms with Crippen LogP contribution in [0.3, 0.4) is 0 Å². The number of H-pyrrole nitrogens is 1. The minimum atomic E-state index is -0.253. The maximum absolute atomic E-state index is 12.3. The highest BCUT2D eigenvalue weighted by atomic mass is 16.5. The van der Waals surface area contributed by atoms with Gasteiger partial charge < -0.3 is 4.74 Å². The number of hydrogen-bond acceptors (Lipinski definition) is 5. The van der Waals surface area contributed by atoms with Crippen molar-refractivity contribution < 1.29 is 4.74 Å². The van der Waals surface area contributed by atoms with Crippen molar-refractivity contribution in [1.29, 1.82) is 0 Å². The molecule has 0 saturated carbocycles. The molecule has 4 rings (SSSR count). The Labute approximate surface area is 130 Å². The van der Waals surface area contributed by atoms with E-state index in [0.29, 0.717) is 28.4 Å². The maximum Gasteiger partial charge on any atom is 0.260 e. The van der Waals surface area contributed by atoms with Crippen LogP contribution >= 0.6 is 0 Å². The summed E-state index contributed by atoms with van der Waals surface area (Å²) in [7, 11) is 0. The molecule has 0 aliphatic carbocycles. The molecule has 0 aliphatic rings. The van der Waals surface area contributed by atoms with Crippen molar-refractivity contribution >= 4 is 10.9 Å². The predicted molar refractivity (Wildman–Crippen MR) is 83.8 cm³/mol. The molecule has 7 nitrogen and oxygen atoms in total. The van der Waals surface area contributed by atoms with Crippen molar-refractivity contribution in [2.24, 2.45) is 0 Å².